The Hall–Kier alpha value is -2.43. The maximum Gasteiger partial charge on any atom is 0.255 e. The first kappa shape index (κ1) is 17.9. The molecule has 0 saturated heterocycles. The summed E-state index contributed by atoms with van der Waals surface area (Å²) in [6, 6.07) is 3.35. The van der Waals surface area contributed by atoms with Crippen molar-refractivity contribution >= 4 is 11.8 Å². The first-order valence-corrected chi connectivity index (χ1v) is 8.38. The van der Waals surface area contributed by atoms with Gasteiger partial charge in [0.25, 0.3) is 5.91 Å². The normalized spacial score (nSPS) is 16.0. The number of aromatic nitrogens is 1. The zero-order valence-electron chi connectivity index (χ0n) is 14.0. The number of pyridine rings is 1. The van der Waals surface area contributed by atoms with Crippen LogP contribution in [0.25, 0.3) is 0 Å². The average molecular weight is 327 g/mol. The lowest BCUT2D eigenvalue weighted by Gasteiger charge is -2.44. The Morgan fingerprint density at radius 3 is 2.42 bits per heavy atom. The molecule has 0 spiro atoms. The third kappa shape index (κ3) is 3.72. The minimum Gasteiger partial charge on any atom is -0.351 e. The maximum atomic E-state index is 13.1. The molecule has 0 atom stereocenters. The lowest BCUT2D eigenvalue weighted by Crippen LogP contribution is -2.61. The molecule has 1 N–H and O–H groups in total. The molecule has 2 amide bonds. The number of hydrogen-bond acceptors (Lipinski definition) is 3. The molecule has 1 saturated carbocycles. The summed E-state index contributed by atoms with van der Waals surface area (Å²) in [4.78, 5) is 31.6. The van der Waals surface area contributed by atoms with E-state index in [2.05, 4.69) is 23.5 Å². The molecule has 0 aromatic carbocycles. The standard InChI is InChI=1S/C19H25N3O2/c1-3-12-21-18(24)19(10-6-5-7-11-19)22(15-4-2)17(23)16-8-13-20-14-9-16/h3-4,8-9,13-14H,1-2,5-7,10-12,15H2,(H,21,24). The minimum atomic E-state index is -0.824. The van der Waals surface area contributed by atoms with Gasteiger partial charge in [-0.3, -0.25) is 14.6 Å². The van der Waals surface area contributed by atoms with Crippen LogP contribution in [0.2, 0.25) is 0 Å². The number of carbonyl (C=O) groups is 2. The molecule has 1 aliphatic carbocycles. The van der Waals surface area contributed by atoms with Gasteiger partial charge in [-0.2, -0.15) is 0 Å². The third-order valence-corrected chi connectivity index (χ3v) is 4.51. The third-order valence-electron chi connectivity index (χ3n) is 4.51. The second-order valence-electron chi connectivity index (χ2n) is 6.03. The van der Waals surface area contributed by atoms with E-state index in [1.807, 2.05) is 0 Å². The van der Waals surface area contributed by atoms with Crippen molar-refractivity contribution in [1.29, 1.82) is 0 Å². The van der Waals surface area contributed by atoms with Crippen molar-refractivity contribution in [2.45, 2.75) is 37.6 Å². The number of nitrogens with one attached hydrogen (secondary N) is 1. The number of nitrogens with zero attached hydrogens (tertiary/aromatic N) is 2. The summed E-state index contributed by atoms with van der Waals surface area (Å²) in [6.45, 7) is 8.15. The van der Waals surface area contributed by atoms with E-state index in [1.54, 1.807) is 41.6 Å². The van der Waals surface area contributed by atoms with Gasteiger partial charge in [-0.1, -0.05) is 31.4 Å². The summed E-state index contributed by atoms with van der Waals surface area (Å²) < 4.78 is 0. The molecule has 0 radical (unpaired) electrons. The minimum absolute atomic E-state index is 0.105. The predicted octanol–water partition coefficient (Wildman–Crippen LogP) is 2.71. The van der Waals surface area contributed by atoms with Crippen LogP contribution in [0.1, 0.15) is 42.5 Å². The molecule has 1 aromatic rings. The zero-order valence-corrected chi connectivity index (χ0v) is 14.0. The van der Waals surface area contributed by atoms with E-state index in [-0.39, 0.29) is 11.8 Å². The zero-order chi connectivity index (χ0) is 17.4. The molecule has 1 aromatic heterocycles. The van der Waals surface area contributed by atoms with Crippen molar-refractivity contribution in [3.8, 4) is 0 Å². The molecule has 2 rings (SSSR count). The van der Waals surface area contributed by atoms with Gasteiger partial charge in [-0.25, -0.2) is 0 Å². The summed E-state index contributed by atoms with van der Waals surface area (Å²) >= 11 is 0. The Labute approximate surface area is 143 Å². The fourth-order valence-electron chi connectivity index (χ4n) is 3.32. The first-order chi connectivity index (χ1) is 11.7. The summed E-state index contributed by atoms with van der Waals surface area (Å²) in [5.41, 5.74) is -0.288. The SMILES string of the molecule is C=CCNC(=O)C1(N(CC=C)C(=O)c2ccncc2)CCCCC1. The highest BCUT2D eigenvalue weighted by atomic mass is 16.2. The van der Waals surface area contributed by atoms with E-state index in [1.165, 1.54) is 0 Å². The van der Waals surface area contributed by atoms with Crippen molar-refractivity contribution in [1.82, 2.24) is 15.2 Å². The van der Waals surface area contributed by atoms with Crippen LogP contribution in [0, 0.1) is 0 Å². The van der Waals surface area contributed by atoms with Gasteiger partial charge in [-0.05, 0) is 25.0 Å². The van der Waals surface area contributed by atoms with Gasteiger partial charge in [0, 0.05) is 31.0 Å². The smallest absolute Gasteiger partial charge is 0.255 e. The van der Waals surface area contributed by atoms with Crippen molar-refractivity contribution in [2.24, 2.45) is 0 Å². The summed E-state index contributed by atoms with van der Waals surface area (Å²) in [5.74, 6) is -0.265. The molecule has 1 fully saturated rings. The molecule has 1 aliphatic rings. The molecular formula is C19H25N3O2. The quantitative estimate of drug-likeness (QED) is 0.783. The molecule has 128 valence electrons. The van der Waals surface area contributed by atoms with E-state index >= 15 is 0 Å². The molecule has 0 bridgehead atoms. The van der Waals surface area contributed by atoms with Crippen molar-refractivity contribution in [3.63, 3.8) is 0 Å². The van der Waals surface area contributed by atoms with Crippen LogP contribution in [0.3, 0.4) is 0 Å². The number of rotatable bonds is 7. The van der Waals surface area contributed by atoms with Gasteiger partial charge in [-0.15, -0.1) is 13.2 Å². The highest BCUT2D eigenvalue weighted by Gasteiger charge is 2.46. The predicted molar refractivity (Wildman–Crippen MR) is 94.5 cm³/mol. The second kappa shape index (κ2) is 8.43. The highest BCUT2D eigenvalue weighted by molar-refractivity contribution is 5.99. The Kier molecular flexibility index (Phi) is 6.29. The van der Waals surface area contributed by atoms with Crippen LogP contribution >= 0.6 is 0 Å². The van der Waals surface area contributed by atoms with E-state index in [4.69, 9.17) is 0 Å². The van der Waals surface area contributed by atoms with E-state index in [0.29, 0.717) is 31.5 Å². The van der Waals surface area contributed by atoms with Gasteiger partial charge in [0.05, 0.1) is 0 Å². The summed E-state index contributed by atoms with van der Waals surface area (Å²) in [6.07, 6.45) is 10.8. The van der Waals surface area contributed by atoms with Crippen LogP contribution in [-0.4, -0.2) is 40.3 Å². The number of hydrogen-bond donors (Lipinski definition) is 1. The molecular weight excluding hydrogens is 302 g/mol. The summed E-state index contributed by atoms with van der Waals surface area (Å²) in [5, 5.41) is 2.89. The largest absolute Gasteiger partial charge is 0.351 e. The molecule has 1 heterocycles. The lowest BCUT2D eigenvalue weighted by atomic mass is 9.79. The van der Waals surface area contributed by atoms with Crippen LogP contribution in [-0.2, 0) is 4.79 Å². The van der Waals surface area contributed by atoms with Crippen molar-refractivity contribution < 1.29 is 9.59 Å². The van der Waals surface area contributed by atoms with Crippen molar-refractivity contribution in [2.75, 3.05) is 13.1 Å². The topological polar surface area (TPSA) is 62.3 Å². The molecule has 5 nitrogen and oxygen atoms in total. The van der Waals surface area contributed by atoms with Gasteiger partial charge in [0.1, 0.15) is 5.54 Å². The van der Waals surface area contributed by atoms with E-state index in [0.717, 1.165) is 19.3 Å². The average Bonchev–Trinajstić information content (AvgIpc) is 2.64. The van der Waals surface area contributed by atoms with Crippen LogP contribution in [0.4, 0.5) is 0 Å². The van der Waals surface area contributed by atoms with Gasteiger partial charge < -0.3 is 10.2 Å². The van der Waals surface area contributed by atoms with E-state index in [9.17, 15) is 9.59 Å². The van der Waals surface area contributed by atoms with Crippen LogP contribution < -0.4 is 5.32 Å². The Morgan fingerprint density at radius 1 is 1.17 bits per heavy atom. The molecule has 0 unspecified atom stereocenters. The molecule has 0 aliphatic heterocycles. The fraction of sp³-hybridized carbons (Fsp3) is 0.421. The Balaban J connectivity index is 2.38. The van der Waals surface area contributed by atoms with Crippen LogP contribution in [0.5, 0.6) is 0 Å². The first-order valence-electron chi connectivity index (χ1n) is 8.38. The monoisotopic (exact) mass is 327 g/mol. The second-order valence-corrected chi connectivity index (χ2v) is 6.03. The Bertz CT molecular complexity index is 592. The lowest BCUT2D eigenvalue weighted by molar-refractivity contribution is -0.133. The van der Waals surface area contributed by atoms with Gasteiger partial charge in [0.2, 0.25) is 5.91 Å². The molecule has 24 heavy (non-hydrogen) atoms. The van der Waals surface area contributed by atoms with Crippen LogP contribution in [0.15, 0.2) is 49.8 Å². The Morgan fingerprint density at radius 2 is 1.83 bits per heavy atom. The number of amides is 2. The van der Waals surface area contributed by atoms with E-state index < -0.39 is 5.54 Å². The maximum absolute atomic E-state index is 13.1. The van der Waals surface area contributed by atoms with Gasteiger partial charge in [0.15, 0.2) is 0 Å². The van der Waals surface area contributed by atoms with Gasteiger partial charge >= 0.3 is 0 Å². The fourth-order valence-corrected chi connectivity index (χ4v) is 3.32. The highest BCUT2D eigenvalue weighted by Crippen LogP contribution is 2.35. The van der Waals surface area contributed by atoms with Crippen molar-refractivity contribution in [3.05, 3.63) is 55.4 Å². The molecule has 5 heteroatoms. The summed E-state index contributed by atoms with van der Waals surface area (Å²) in [7, 11) is 0. The number of carbonyl (C=O) groups excluding carboxylic acids is 2.